The third-order valence-corrected chi connectivity index (χ3v) is 6.27. The summed E-state index contributed by atoms with van der Waals surface area (Å²) >= 11 is 0. The van der Waals surface area contributed by atoms with Crippen LogP contribution in [0.3, 0.4) is 0 Å². The van der Waals surface area contributed by atoms with E-state index in [9.17, 15) is 0 Å². The summed E-state index contributed by atoms with van der Waals surface area (Å²) in [6.07, 6.45) is 7.60. The Labute approximate surface area is 181 Å². The molecule has 0 spiro atoms. The number of piperidine rings is 1. The Hall–Kier alpha value is -2.04. The number of nitrogens with zero attached hydrogens (tertiary/aromatic N) is 2. The van der Waals surface area contributed by atoms with Crippen molar-refractivity contribution in [2.45, 2.75) is 44.6 Å². The van der Waals surface area contributed by atoms with Gasteiger partial charge in [-0.05, 0) is 81.7 Å². The van der Waals surface area contributed by atoms with Crippen molar-refractivity contribution in [2.24, 2.45) is 0 Å². The molecule has 2 aliphatic rings. The first-order valence-electron chi connectivity index (χ1n) is 11.8. The van der Waals surface area contributed by atoms with Crippen molar-refractivity contribution in [3.8, 4) is 11.5 Å². The van der Waals surface area contributed by atoms with Crippen LogP contribution in [0, 0.1) is 0 Å². The highest BCUT2D eigenvalue weighted by Gasteiger charge is 2.19. The maximum Gasteiger partial charge on any atom is 0.125 e. The smallest absolute Gasteiger partial charge is 0.125 e. The lowest BCUT2D eigenvalue weighted by molar-refractivity contribution is 0.130. The molecule has 0 radical (unpaired) electrons. The van der Waals surface area contributed by atoms with Crippen LogP contribution in [0.2, 0.25) is 0 Å². The molecule has 2 heterocycles. The Morgan fingerprint density at radius 3 is 2.10 bits per heavy atom. The van der Waals surface area contributed by atoms with Gasteiger partial charge < -0.3 is 19.3 Å². The van der Waals surface area contributed by atoms with Gasteiger partial charge in [-0.15, -0.1) is 0 Å². The Morgan fingerprint density at radius 2 is 1.40 bits per heavy atom. The topological polar surface area (TPSA) is 24.9 Å². The van der Waals surface area contributed by atoms with Gasteiger partial charge in [-0.2, -0.15) is 0 Å². The van der Waals surface area contributed by atoms with Crippen LogP contribution in [0.15, 0.2) is 54.6 Å². The van der Waals surface area contributed by atoms with Crippen molar-refractivity contribution in [1.29, 1.82) is 0 Å². The summed E-state index contributed by atoms with van der Waals surface area (Å²) in [5, 5.41) is 0. The van der Waals surface area contributed by atoms with Crippen LogP contribution >= 0.6 is 0 Å². The molecule has 0 aliphatic carbocycles. The molecule has 0 N–H and O–H groups in total. The van der Waals surface area contributed by atoms with Crippen LogP contribution in [-0.4, -0.2) is 55.7 Å². The Kier molecular flexibility index (Phi) is 8.04. The second-order valence-electron chi connectivity index (χ2n) is 8.58. The van der Waals surface area contributed by atoms with Crippen LogP contribution in [-0.2, 0) is 0 Å². The molecule has 2 aromatic rings. The summed E-state index contributed by atoms with van der Waals surface area (Å²) in [4.78, 5) is 5.07. The van der Waals surface area contributed by atoms with Crippen molar-refractivity contribution in [2.75, 3.05) is 45.9 Å². The van der Waals surface area contributed by atoms with E-state index in [-0.39, 0.29) is 6.10 Å². The molecule has 0 saturated carbocycles. The number of hydrogen-bond acceptors (Lipinski definition) is 4. The van der Waals surface area contributed by atoms with Crippen LogP contribution in [0.5, 0.6) is 11.5 Å². The molecular formula is C26H36N2O2. The first-order valence-corrected chi connectivity index (χ1v) is 11.8. The molecule has 1 atom stereocenters. The molecule has 2 aliphatic heterocycles. The SMILES string of the molecule is c1ccc(OC(CCN2CCC2)c2ccc(OCCCN3CCCCC3)cc2)cc1. The Bertz CT molecular complexity index is 724. The summed E-state index contributed by atoms with van der Waals surface area (Å²) in [6.45, 7) is 8.00. The summed E-state index contributed by atoms with van der Waals surface area (Å²) in [5.74, 6) is 1.89. The highest BCUT2D eigenvalue weighted by molar-refractivity contribution is 5.30. The lowest BCUT2D eigenvalue weighted by Crippen LogP contribution is -2.38. The summed E-state index contributed by atoms with van der Waals surface area (Å²) < 4.78 is 12.4. The van der Waals surface area contributed by atoms with E-state index in [0.29, 0.717) is 0 Å². The molecule has 4 nitrogen and oxygen atoms in total. The van der Waals surface area contributed by atoms with Gasteiger partial charge in [0.15, 0.2) is 0 Å². The fourth-order valence-corrected chi connectivity index (χ4v) is 4.30. The molecule has 2 saturated heterocycles. The number of para-hydroxylation sites is 1. The molecule has 2 fully saturated rings. The highest BCUT2D eigenvalue weighted by Crippen LogP contribution is 2.27. The number of hydrogen-bond donors (Lipinski definition) is 0. The lowest BCUT2D eigenvalue weighted by Gasteiger charge is -2.32. The minimum absolute atomic E-state index is 0.0705. The molecule has 2 aromatic carbocycles. The molecule has 4 rings (SSSR count). The average molecular weight is 409 g/mol. The maximum absolute atomic E-state index is 6.35. The summed E-state index contributed by atoms with van der Waals surface area (Å²) in [7, 11) is 0. The highest BCUT2D eigenvalue weighted by atomic mass is 16.5. The Balaban J connectivity index is 1.28. The maximum atomic E-state index is 6.35. The van der Waals surface area contributed by atoms with Gasteiger partial charge >= 0.3 is 0 Å². The predicted molar refractivity (Wildman–Crippen MR) is 122 cm³/mol. The van der Waals surface area contributed by atoms with Crippen LogP contribution in [0.1, 0.15) is 50.2 Å². The van der Waals surface area contributed by atoms with Crippen molar-refractivity contribution < 1.29 is 9.47 Å². The van der Waals surface area contributed by atoms with Crippen molar-refractivity contribution in [3.63, 3.8) is 0 Å². The van der Waals surface area contributed by atoms with Crippen LogP contribution in [0.4, 0.5) is 0 Å². The fourth-order valence-electron chi connectivity index (χ4n) is 4.30. The quantitative estimate of drug-likeness (QED) is 0.480. The van der Waals surface area contributed by atoms with E-state index < -0.39 is 0 Å². The zero-order chi connectivity index (χ0) is 20.4. The average Bonchev–Trinajstić information content (AvgIpc) is 2.77. The van der Waals surface area contributed by atoms with Gasteiger partial charge in [-0.25, -0.2) is 0 Å². The Morgan fingerprint density at radius 1 is 0.700 bits per heavy atom. The van der Waals surface area contributed by atoms with Gasteiger partial charge in [0.25, 0.3) is 0 Å². The summed E-state index contributed by atoms with van der Waals surface area (Å²) in [6, 6.07) is 18.7. The van der Waals surface area contributed by atoms with Crippen molar-refractivity contribution in [1.82, 2.24) is 9.80 Å². The van der Waals surface area contributed by atoms with E-state index in [1.165, 1.54) is 57.4 Å². The van der Waals surface area contributed by atoms with Crippen LogP contribution < -0.4 is 9.47 Å². The minimum Gasteiger partial charge on any atom is -0.494 e. The molecule has 0 aromatic heterocycles. The van der Waals surface area contributed by atoms with Gasteiger partial charge in [0.2, 0.25) is 0 Å². The van der Waals surface area contributed by atoms with E-state index >= 15 is 0 Å². The second-order valence-corrected chi connectivity index (χ2v) is 8.58. The van der Waals surface area contributed by atoms with Gasteiger partial charge in [0.05, 0.1) is 6.61 Å². The van der Waals surface area contributed by atoms with E-state index in [1.54, 1.807) is 0 Å². The molecule has 4 heteroatoms. The molecular weight excluding hydrogens is 372 g/mol. The third-order valence-electron chi connectivity index (χ3n) is 6.27. The second kappa shape index (κ2) is 11.4. The number of benzene rings is 2. The van der Waals surface area contributed by atoms with E-state index in [1.807, 2.05) is 30.3 Å². The molecule has 0 bridgehead atoms. The molecule has 0 amide bonds. The van der Waals surface area contributed by atoms with Gasteiger partial charge in [-0.3, -0.25) is 0 Å². The fraction of sp³-hybridized carbons (Fsp3) is 0.538. The normalized spacial score (nSPS) is 18.5. The van der Waals surface area contributed by atoms with E-state index in [0.717, 1.165) is 44.0 Å². The van der Waals surface area contributed by atoms with Gasteiger partial charge in [-0.1, -0.05) is 36.8 Å². The standard InChI is InChI=1S/C26H36N2O2/c1-3-9-25(10-4-1)30-26(15-21-28-18-7-19-28)23-11-13-24(14-12-23)29-22-8-20-27-16-5-2-6-17-27/h1,3-4,9-14,26H,2,5-8,15-22H2. The molecule has 30 heavy (non-hydrogen) atoms. The molecule has 1 unspecified atom stereocenters. The lowest BCUT2D eigenvalue weighted by atomic mass is 10.0. The number of ether oxygens (including phenoxy) is 2. The first-order chi connectivity index (χ1) is 14.9. The largest absolute Gasteiger partial charge is 0.494 e. The zero-order valence-electron chi connectivity index (χ0n) is 18.2. The zero-order valence-corrected chi connectivity index (χ0v) is 18.2. The first kappa shape index (κ1) is 21.2. The van der Waals surface area contributed by atoms with Crippen molar-refractivity contribution in [3.05, 3.63) is 60.2 Å². The van der Waals surface area contributed by atoms with Gasteiger partial charge in [0, 0.05) is 19.5 Å². The minimum atomic E-state index is 0.0705. The predicted octanol–water partition coefficient (Wildman–Crippen LogP) is 5.16. The van der Waals surface area contributed by atoms with Crippen molar-refractivity contribution >= 4 is 0 Å². The van der Waals surface area contributed by atoms with Gasteiger partial charge in [0.1, 0.15) is 17.6 Å². The third kappa shape index (κ3) is 6.48. The van der Waals surface area contributed by atoms with E-state index in [2.05, 4.69) is 34.1 Å². The van der Waals surface area contributed by atoms with E-state index in [4.69, 9.17) is 9.47 Å². The molecule has 162 valence electrons. The van der Waals surface area contributed by atoms with Crippen LogP contribution in [0.25, 0.3) is 0 Å². The summed E-state index contributed by atoms with van der Waals surface area (Å²) in [5.41, 5.74) is 1.22. The monoisotopic (exact) mass is 408 g/mol. The number of rotatable bonds is 11. The number of likely N-dealkylation sites (tertiary alicyclic amines) is 2.